The summed E-state index contributed by atoms with van der Waals surface area (Å²) in [5.41, 5.74) is 3.83. The predicted octanol–water partition coefficient (Wildman–Crippen LogP) is 8.30. The van der Waals surface area contributed by atoms with E-state index in [1.165, 1.54) is 28.0 Å². The van der Waals surface area contributed by atoms with Gasteiger partial charge in [-0.1, -0.05) is 102 Å². The number of carbonyl (C=O) groups is 2. The number of ketones is 1. The minimum Gasteiger partial charge on any atom is -0.507 e. The van der Waals surface area contributed by atoms with E-state index in [0.717, 1.165) is 36.0 Å². The molecule has 43 heavy (non-hydrogen) atoms. The minimum absolute atomic E-state index is 0.00999. The molecule has 3 aromatic carbocycles. The number of aryl methyl sites for hydroxylation is 2. The molecule has 1 aromatic heterocycles. The zero-order valence-corrected chi connectivity index (χ0v) is 26.6. The van der Waals surface area contributed by atoms with Crippen LogP contribution in [0.3, 0.4) is 0 Å². The van der Waals surface area contributed by atoms with Crippen LogP contribution in [0.4, 0.5) is 5.13 Å². The van der Waals surface area contributed by atoms with E-state index in [4.69, 9.17) is 16.3 Å². The molecular weight excluding hydrogens is 602 g/mol. The summed E-state index contributed by atoms with van der Waals surface area (Å²) in [7, 11) is 0. The van der Waals surface area contributed by atoms with Gasteiger partial charge in [-0.3, -0.25) is 14.5 Å². The predicted molar refractivity (Wildman–Crippen MR) is 173 cm³/mol. The van der Waals surface area contributed by atoms with Gasteiger partial charge in [0.15, 0.2) is 4.34 Å². The van der Waals surface area contributed by atoms with Crippen LogP contribution in [0.15, 0.2) is 76.6 Å². The molecule has 1 amide bonds. The number of anilines is 1. The Morgan fingerprint density at radius 2 is 1.81 bits per heavy atom. The maximum Gasteiger partial charge on any atom is 0.301 e. The minimum atomic E-state index is -0.900. The van der Waals surface area contributed by atoms with Crippen molar-refractivity contribution < 1.29 is 19.4 Å². The Morgan fingerprint density at radius 3 is 2.56 bits per heavy atom. The lowest BCUT2D eigenvalue weighted by Crippen LogP contribution is -2.29. The van der Waals surface area contributed by atoms with Crippen LogP contribution in [-0.2, 0) is 15.3 Å². The van der Waals surface area contributed by atoms with E-state index in [1.54, 1.807) is 0 Å². The van der Waals surface area contributed by atoms with Crippen molar-refractivity contribution in [2.75, 3.05) is 11.5 Å². The summed E-state index contributed by atoms with van der Waals surface area (Å²) in [5.74, 6) is -0.493. The van der Waals surface area contributed by atoms with E-state index >= 15 is 0 Å². The molecule has 7 nitrogen and oxygen atoms in total. The number of aliphatic hydroxyl groups is 1. The highest BCUT2D eigenvalue weighted by molar-refractivity contribution is 8.00. The molecule has 0 aliphatic carbocycles. The standard InChI is InChI=1S/C33H32ClN3O4S2/c1-4-5-8-17-41-24-15-13-22(14-16-24)28-27(29(38)25-18-20(2)11-12-21(25)3)30(39)31(40)37(28)32-35-36-33(43-32)42-19-23-9-6-7-10-26(23)34/h6-7,9-16,18,28,38H,4-5,8,17,19H2,1-3H3. The molecular formula is C33H32ClN3O4S2. The first-order valence-corrected chi connectivity index (χ1v) is 16.3. The average Bonchev–Trinajstić information content (AvgIpc) is 3.58. The highest BCUT2D eigenvalue weighted by Gasteiger charge is 2.48. The number of nitrogens with zero attached hydrogens (tertiary/aromatic N) is 3. The third kappa shape index (κ3) is 6.79. The zero-order chi connectivity index (χ0) is 30.5. The quantitative estimate of drug-likeness (QED) is 0.0443. The van der Waals surface area contributed by atoms with Gasteiger partial charge in [0.05, 0.1) is 18.2 Å². The van der Waals surface area contributed by atoms with E-state index < -0.39 is 17.7 Å². The van der Waals surface area contributed by atoms with Gasteiger partial charge in [0.2, 0.25) is 5.13 Å². The van der Waals surface area contributed by atoms with Crippen molar-refractivity contribution in [3.8, 4) is 5.75 Å². The van der Waals surface area contributed by atoms with Gasteiger partial charge < -0.3 is 9.84 Å². The second-order valence-electron chi connectivity index (χ2n) is 10.3. The molecule has 1 fully saturated rings. The maximum atomic E-state index is 13.6. The van der Waals surface area contributed by atoms with E-state index in [1.807, 2.05) is 80.6 Å². The number of thioether (sulfide) groups is 1. The molecule has 1 aliphatic heterocycles. The molecule has 1 atom stereocenters. The molecule has 0 saturated carbocycles. The fourth-order valence-corrected chi connectivity index (χ4v) is 7.04. The number of hydrogen-bond acceptors (Lipinski definition) is 8. The number of carbonyl (C=O) groups excluding carboxylic acids is 2. The Hall–Kier alpha value is -3.66. The fourth-order valence-electron chi connectivity index (χ4n) is 4.88. The number of aromatic nitrogens is 2. The molecule has 1 saturated heterocycles. The van der Waals surface area contributed by atoms with Gasteiger partial charge in [0, 0.05) is 16.3 Å². The number of unbranched alkanes of at least 4 members (excludes halogenated alkanes) is 2. The molecule has 4 aromatic rings. The van der Waals surface area contributed by atoms with Crippen molar-refractivity contribution in [3.63, 3.8) is 0 Å². The molecule has 1 N–H and O–H groups in total. The van der Waals surface area contributed by atoms with Crippen molar-refractivity contribution in [3.05, 3.63) is 105 Å². The molecule has 5 rings (SSSR count). The lowest BCUT2D eigenvalue weighted by molar-refractivity contribution is -0.132. The van der Waals surface area contributed by atoms with Crippen LogP contribution < -0.4 is 9.64 Å². The highest BCUT2D eigenvalue weighted by Crippen LogP contribution is 2.44. The van der Waals surface area contributed by atoms with Crippen LogP contribution in [0.5, 0.6) is 5.75 Å². The topological polar surface area (TPSA) is 92.6 Å². The molecule has 1 unspecified atom stereocenters. The van der Waals surface area contributed by atoms with E-state index in [0.29, 0.717) is 38.6 Å². The summed E-state index contributed by atoms with van der Waals surface area (Å²) < 4.78 is 6.51. The number of hydrogen-bond donors (Lipinski definition) is 1. The maximum absolute atomic E-state index is 13.6. The van der Waals surface area contributed by atoms with Crippen molar-refractivity contribution in [2.45, 2.75) is 56.2 Å². The number of rotatable bonds is 11. The largest absolute Gasteiger partial charge is 0.507 e. The first-order valence-electron chi connectivity index (χ1n) is 14.1. The van der Waals surface area contributed by atoms with Crippen LogP contribution in [-0.4, -0.2) is 33.6 Å². The molecule has 1 aliphatic rings. The molecule has 2 heterocycles. The van der Waals surface area contributed by atoms with Crippen LogP contribution in [0, 0.1) is 13.8 Å². The van der Waals surface area contributed by atoms with Crippen molar-refractivity contribution in [2.24, 2.45) is 0 Å². The third-order valence-electron chi connectivity index (χ3n) is 7.22. The van der Waals surface area contributed by atoms with Gasteiger partial charge in [-0.2, -0.15) is 0 Å². The number of aliphatic hydroxyl groups excluding tert-OH is 1. The summed E-state index contributed by atoms with van der Waals surface area (Å²) in [6, 6.07) is 19.6. The smallest absolute Gasteiger partial charge is 0.301 e. The average molecular weight is 634 g/mol. The van der Waals surface area contributed by atoms with Crippen molar-refractivity contribution in [1.29, 1.82) is 0 Å². The van der Waals surface area contributed by atoms with Crippen LogP contribution >= 0.6 is 34.7 Å². The SMILES string of the molecule is CCCCCOc1ccc(C2C(=C(O)c3cc(C)ccc3C)C(=O)C(=O)N2c2nnc(SCc3ccccc3Cl)s2)cc1. The lowest BCUT2D eigenvalue weighted by atomic mass is 9.93. The number of ether oxygens (including phenoxy) is 1. The molecule has 222 valence electrons. The van der Waals surface area contributed by atoms with Gasteiger partial charge in [0.1, 0.15) is 11.5 Å². The Labute approximate surface area is 264 Å². The van der Waals surface area contributed by atoms with Crippen LogP contribution in [0.25, 0.3) is 5.76 Å². The fraction of sp³-hybridized carbons (Fsp3) is 0.273. The first-order chi connectivity index (χ1) is 20.8. The zero-order valence-electron chi connectivity index (χ0n) is 24.2. The Morgan fingerprint density at radius 1 is 1.05 bits per heavy atom. The van der Waals surface area contributed by atoms with E-state index in [2.05, 4.69) is 17.1 Å². The number of benzene rings is 3. The lowest BCUT2D eigenvalue weighted by Gasteiger charge is -2.23. The second-order valence-corrected chi connectivity index (χ2v) is 12.9. The number of amides is 1. The normalized spacial score (nSPS) is 16.2. The third-order valence-corrected chi connectivity index (χ3v) is 9.69. The monoisotopic (exact) mass is 633 g/mol. The molecule has 0 radical (unpaired) electrons. The van der Waals surface area contributed by atoms with Gasteiger partial charge in [0.25, 0.3) is 5.78 Å². The first kappa shape index (κ1) is 30.8. The summed E-state index contributed by atoms with van der Waals surface area (Å²) >= 11 is 8.98. The van der Waals surface area contributed by atoms with Crippen LogP contribution in [0.1, 0.15) is 60.0 Å². The highest BCUT2D eigenvalue weighted by atomic mass is 35.5. The Balaban J connectivity index is 1.52. The van der Waals surface area contributed by atoms with Gasteiger partial charge in [-0.15, -0.1) is 10.2 Å². The van der Waals surface area contributed by atoms with E-state index in [9.17, 15) is 14.7 Å². The summed E-state index contributed by atoms with van der Waals surface area (Å²) in [4.78, 5) is 28.6. The number of halogens is 1. The van der Waals surface area contributed by atoms with Crippen molar-refractivity contribution in [1.82, 2.24) is 10.2 Å². The van der Waals surface area contributed by atoms with E-state index in [-0.39, 0.29) is 16.5 Å². The summed E-state index contributed by atoms with van der Waals surface area (Å²) in [6.45, 7) is 6.52. The second kappa shape index (κ2) is 13.8. The summed E-state index contributed by atoms with van der Waals surface area (Å²) in [6.07, 6.45) is 3.15. The van der Waals surface area contributed by atoms with Crippen LogP contribution in [0.2, 0.25) is 5.02 Å². The van der Waals surface area contributed by atoms with Gasteiger partial charge in [-0.05, 0) is 61.2 Å². The Kier molecular flexibility index (Phi) is 9.85. The Bertz CT molecular complexity index is 1670. The molecule has 0 spiro atoms. The number of Topliss-reactive ketones (excluding diaryl/α,β-unsaturated/α-hetero) is 1. The summed E-state index contributed by atoms with van der Waals surface area (Å²) in [5, 5.41) is 21.1. The molecule has 10 heteroatoms. The van der Waals surface area contributed by atoms with Gasteiger partial charge >= 0.3 is 5.91 Å². The van der Waals surface area contributed by atoms with Gasteiger partial charge in [-0.25, -0.2) is 0 Å². The molecule has 0 bridgehead atoms. The van der Waals surface area contributed by atoms with Crippen molar-refractivity contribution >= 4 is 57.3 Å².